The minimum absolute atomic E-state index is 0.0965. The third-order valence-electron chi connectivity index (χ3n) is 4.42. The van der Waals surface area contributed by atoms with Crippen molar-refractivity contribution >= 4 is 22.7 Å². The van der Waals surface area contributed by atoms with Gasteiger partial charge >= 0.3 is 0 Å². The fraction of sp³-hybridized carbons (Fsp3) is 0.353. The summed E-state index contributed by atoms with van der Waals surface area (Å²) in [6.45, 7) is 3.82. The SMILES string of the molecule is CN1CCN(c2ccc([N+](=O)[O-])c(N(C)c3cccnc3)c2)CC1. The summed E-state index contributed by atoms with van der Waals surface area (Å²) in [6.07, 6.45) is 3.39. The lowest BCUT2D eigenvalue weighted by atomic mass is 10.2. The van der Waals surface area contributed by atoms with E-state index in [9.17, 15) is 10.1 Å². The molecule has 24 heavy (non-hydrogen) atoms. The monoisotopic (exact) mass is 327 g/mol. The molecule has 0 N–H and O–H groups in total. The van der Waals surface area contributed by atoms with Crippen LogP contribution in [0, 0.1) is 10.1 Å². The fourth-order valence-electron chi connectivity index (χ4n) is 2.89. The van der Waals surface area contributed by atoms with E-state index in [2.05, 4.69) is 21.8 Å². The summed E-state index contributed by atoms with van der Waals surface area (Å²) in [6, 6.07) is 9.04. The Morgan fingerprint density at radius 2 is 1.96 bits per heavy atom. The van der Waals surface area contributed by atoms with Crippen LogP contribution in [0.4, 0.5) is 22.7 Å². The molecule has 7 nitrogen and oxygen atoms in total. The molecular weight excluding hydrogens is 306 g/mol. The highest BCUT2D eigenvalue weighted by molar-refractivity contribution is 5.75. The van der Waals surface area contributed by atoms with Gasteiger partial charge in [0.15, 0.2) is 0 Å². The molecule has 0 aliphatic carbocycles. The summed E-state index contributed by atoms with van der Waals surface area (Å²) >= 11 is 0. The maximum atomic E-state index is 11.4. The summed E-state index contributed by atoms with van der Waals surface area (Å²) in [5.41, 5.74) is 2.50. The van der Waals surface area contributed by atoms with Crippen molar-refractivity contribution in [2.45, 2.75) is 0 Å². The van der Waals surface area contributed by atoms with Gasteiger partial charge in [-0.2, -0.15) is 0 Å². The van der Waals surface area contributed by atoms with Crippen LogP contribution in [0.15, 0.2) is 42.7 Å². The van der Waals surface area contributed by atoms with Crippen molar-refractivity contribution in [1.29, 1.82) is 0 Å². The van der Waals surface area contributed by atoms with Crippen molar-refractivity contribution in [2.75, 3.05) is 50.1 Å². The minimum atomic E-state index is -0.337. The molecule has 2 aromatic rings. The third kappa shape index (κ3) is 3.30. The van der Waals surface area contributed by atoms with Crippen LogP contribution < -0.4 is 9.80 Å². The molecule has 0 unspecified atom stereocenters. The lowest BCUT2D eigenvalue weighted by Gasteiger charge is -2.34. The largest absolute Gasteiger partial charge is 0.369 e. The van der Waals surface area contributed by atoms with Crippen molar-refractivity contribution in [3.63, 3.8) is 0 Å². The normalized spacial score (nSPS) is 15.3. The molecule has 0 atom stereocenters. The van der Waals surface area contributed by atoms with Gasteiger partial charge in [-0.1, -0.05) is 0 Å². The van der Waals surface area contributed by atoms with Gasteiger partial charge in [0.2, 0.25) is 0 Å². The Hall–Kier alpha value is -2.67. The van der Waals surface area contributed by atoms with Crippen molar-refractivity contribution in [3.05, 3.63) is 52.8 Å². The number of pyridine rings is 1. The Bertz CT molecular complexity index is 714. The van der Waals surface area contributed by atoms with Crippen LogP contribution in [0.1, 0.15) is 0 Å². The number of piperazine rings is 1. The Morgan fingerprint density at radius 1 is 1.21 bits per heavy atom. The highest BCUT2D eigenvalue weighted by Crippen LogP contribution is 2.35. The number of hydrogen-bond donors (Lipinski definition) is 0. The van der Waals surface area contributed by atoms with Crippen LogP contribution in [0.5, 0.6) is 0 Å². The van der Waals surface area contributed by atoms with Gasteiger partial charge in [0, 0.05) is 51.2 Å². The lowest BCUT2D eigenvalue weighted by Crippen LogP contribution is -2.44. The van der Waals surface area contributed by atoms with Crippen LogP contribution in [0.25, 0.3) is 0 Å². The van der Waals surface area contributed by atoms with E-state index in [0.29, 0.717) is 5.69 Å². The quantitative estimate of drug-likeness (QED) is 0.635. The molecule has 0 amide bonds. The lowest BCUT2D eigenvalue weighted by molar-refractivity contribution is -0.384. The maximum Gasteiger partial charge on any atom is 0.293 e. The summed E-state index contributed by atoms with van der Waals surface area (Å²) in [5.74, 6) is 0. The summed E-state index contributed by atoms with van der Waals surface area (Å²) < 4.78 is 0. The summed E-state index contributed by atoms with van der Waals surface area (Å²) in [5, 5.41) is 11.4. The smallest absolute Gasteiger partial charge is 0.293 e. The van der Waals surface area contributed by atoms with E-state index in [4.69, 9.17) is 0 Å². The van der Waals surface area contributed by atoms with E-state index in [0.717, 1.165) is 37.6 Å². The van der Waals surface area contributed by atoms with Gasteiger partial charge in [0.1, 0.15) is 5.69 Å². The fourth-order valence-corrected chi connectivity index (χ4v) is 2.89. The first kappa shape index (κ1) is 16.2. The maximum absolute atomic E-state index is 11.4. The number of likely N-dealkylation sites (N-methyl/N-ethyl adjacent to an activating group) is 1. The van der Waals surface area contributed by atoms with Gasteiger partial charge in [-0.15, -0.1) is 0 Å². The highest BCUT2D eigenvalue weighted by Gasteiger charge is 2.22. The molecule has 1 saturated heterocycles. The van der Waals surface area contributed by atoms with E-state index in [1.165, 1.54) is 0 Å². The molecule has 3 rings (SSSR count). The number of hydrogen-bond acceptors (Lipinski definition) is 6. The molecule has 0 spiro atoms. The van der Waals surface area contributed by atoms with Crippen LogP contribution in [-0.2, 0) is 0 Å². The molecule has 0 radical (unpaired) electrons. The third-order valence-corrected chi connectivity index (χ3v) is 4.42. The number of rotatable bonds is 4. The second-order valence-corrected chi connectivity index (χ2v) is 5.99. The molecule has 0 bridgehead atoms. The molecular formula is C17H21N5O2. The van der Waals surface area contributed by atoms with Crippen LogP contribution in [0.2, 0.25) is 0 Å². The average Bonchev–Trinajstić information content (AvgIpc) is 2.62. The first-order valence-corrected chi connectivity index (χ1v) is 7.92. The van der Waals surface area contributed by atoms with Gasteiger partial charge in [-0.25, -0.2) is 0 Å². The Labute approximate surface area is 141 Å². The van der Waals surface area contributed by atoms with Gasteiger partial charge < -0.3 is 14.7 Å². The van der Waals surface area contributed by atoms with E-state index >= 15 is 0 Å². The number of nitro groups is 1. The van der Waals surface area contributed by atoms with Gasteiger partial charge in [-0.05, 0) is 31.3 Å². The highest BCUT2D eigenvalue weighted by atomic mass is 16.6. The second-order valence-electron chi connectivity index (χ2n) is 5.99. The first-order valence-electron chi connectivity index (χ1n) is 7.92. The van der Waals surface area contributed by atoms with Crippen molar-refractivity contribution < 1.29 is 4.92 Å². The number of benzene rings is 1. The minimum Gasteiger partial charge on any atom is -0.369 e. The number of aromatic nitrogens is 1. The molecule has 2 heterocycles. The second kappa shape index (κ2) is 6.84. The van der Waals surface area contributed by atoms with E-state index in [1.54, 1.807) is 18.5 Å². The topological polar surface area (TPSA) is 65.8 Å². The first-order chi connectivity index (χ1) is 11.6. The van der Waals surface area contributed by atoms with Crippen LogP contribution >= 0.6 is 0 Å². The molecule has 1 aliphatic heterocycles. The van der Waals surface area contributed by atoms with Gasteiger partial charge in [0.05, 0.1) is 16.8 Å². The molecule has 1 fully saturated rings. The molecule has 1 aromatic carbocycles. The Kier molecular flexibility index (Phi) is 4.61. The standard InChI is InChI=1S/C17H21N5O2/c1-19-8-10-21(11-9-19)14-5-6-16(22(23)24)17(12-14)20(2)15-4-3-7-18-13-15/h3-7,12-13H,8-11H2,1-2H3. The van der Waals surface area contributed by atoms with Crippen molar-refractivity contribution in [3.8, 4) is 0 Å². The molecule has 1 aromatic heterocycles. The zero-order chi connectivity index (χ0) is 17.1. The Balaban J connectivity index is 1.96. The van der Waals surface area contributed by atoms with E-state index < -0.39 is 0 Å². The number of nitro benzene ring substituents is 1. The van der Waals surface area contributed by atoms with Crippen LogP contribution in [-0.4, -0.2) is 55.1 Å². The predicted molar refractivity (Wildman–Crippen MR) is 95.1 cm³/mol. The van der Waals surface area contributed by atoms with E-state index in [1.807, 2.05) is 36.2 Å². The number of nitrogens with zero attached hydrogens (tertiary/aromatic N) is 5. The molecule has 0 saturated carbocycles. The van der Waals surface area contributed by atoms with Gasteiger partial charge in [0.25, 0.3) is 5.69 Å². The molecule has 7 heteroatoms. The zero-order valence-electron chi connectivity index (χ0n) is 13.9. The molecule has 126 valence electrons. The van der Waals surface area contributed by atoms with Gasteiger partial charge in [-0.3, -0.25) is 15.1 Å². The number of anilines is 3. The molecule has 1 aliphatic rings. The zero-order valence-corrected chi connectivity index (χ0v) is 13.9. The predicted octanol–water partition coefficient (Wildman–Crippen LogP) is 2.51. The average molecular weight is 327 g/mol. The Morgan fingerprint density at radius 3 is 2.58 bits per heavy atom. The van der Waals surface area contributed by atoms with E-state index in [-0.39, 0.29) is 10.6 Å². The van der Waals surface area contributed by atoms with Crippen molar-refractivity contribution in [1.82, 2.24) is 9.88 Å². The summed E-state index contributed by atoms with van der Waals surface area (Å²) in [7, 11) is 3.93. The summed E-state index contributed by atoms with van der Waals surface area (Å²) in [4.78, 5) is 21.6. The van der Waals surface area contributed by atoms with Crippen LogP contribution in [0.3, 0.4) is 0 Å². The van der Waals surface area contributed by atoms with Crippen molar-refractivity contribution in [2.24, 2.45) is 0 Å².